The van der Waals surface area contributed by atoms with Crippen molar-refractivity contribution in [2.45, 2.75) is 71.9 Å². The minimum absolute atomic E-state index is 0.0936. The molecule has 4 nitrogen and oxygen atoms in total. The number of nitrogens with one attached hydrogen (secondary N) is 1. The molecule has 2 N–H and O–H groups in total. The summed E-state index contributed by atoms with van der Waals surface area (Å²) in [5.74, 6) is -0.199. The summed E-state index contributed by atoms with van der Waals surface area (Å²) in [5, 5.41) is 14.6. The molecule has 2 aromatic carbocycles. The van der Waals surface area contributed by atoms with Crippen molar-refractivity contribution in [1.29, 1.82) is 0 Å². The fraction of sp³-hybridized carbons (Fsp3) is 0.560. The standard InChI is InChI=1S/C25H35NO3/c1-18(23(27)28)16-26-17-19-8-9-21-15-22(11-10-20(21)14-19)29-25(24(2,3)4)12-6-5-7-13-25/h8-11,14-15,18,26H,5-7,12-13,16-17H2,1-4H3,(H,27,28). The van der Waals surface area contributed by atoms with Gasteiger partial charge in [0.15, 0.2) is 0 Å². The van der Waals surface area contributed by atoms with Crippen LogP contribution in [0, 0.1) is 11.3 Å². The predicted octanol–water partition coefficient (Wildman–Crippen LogP) is 5.78. The van der Waals surface area contributed by atoms with Crippen molar-refractivity contribution in [3.8, 4) is 5.75 Å². The number of benzene rings is 2. The molecule has 0 aromatic heterocycles. The molecule has 0 saturated heterocycles. The Labute approximate surface area is 174 Å². The van der Waals surface area contributed by atoms with Crippen molar-refractivity contribution >= 4 is 16.7 Å². The molecular weight excluding hydrogens is 362 g/mol. The van der Waals surface area contributed by atoms with Gasteiger partial charge in [-0.15, -0.1) is 0 Å². The van der Waals surface area contributed by atoms with E-state index < -0.39 is 5.97 Å². The molecule has 158 valence electrons. The second-order valence-corrected chi connectivity index (χ2v) is 9.62. The quantitative estimate of drug-likeness (QED) is 0.622. The topological polar surface area (TPSA) is 58.6 Å². The van der Waals surface area contributed by atoms with Crippen LogP contribution in [0.2, 0.25) is 0 Å². The van der Waals surface area contributed by atoms with Gasteiger partial charge in [0.1, 0.15) is 11.4 Å². The highest BCUT2D eigenvalue weighted by Crippen LogP contribution is 2.45. The van der Waals surface area contributed by atoms with Gasteiger partial charge in [-0.1, -0.05) is 52.3 Å². The second-order valence-electron chi connectivity index (χ2n) is 9.62. The van der Waals surface area contributed by atoms with E-state index in [4.69, 9.17) is 9.84 Å². The van der Waals surface area contributed by atoms with Crippen LogP contribution in [0.1, 0.15) is 65.4 Å². The van der Waals surface area contributed by atoms with E-state index in [0.717, 1.165) is 24.2 Å². The molecule has 1 saturated carbocycles. The van der Waals surface area contributed by atoms with Gasteiger partial charge in [0.2, 0.25) is 0 Å². The molecule has 0 bridgehead atoms. The number of fused-ring (bicyclic) bond motifs is 1. The highest BCUT2D eigenvalue weighted by Gasteiger charge is 2.44. The molecule has 0 amide bonds. The van der Waals surface area contributed by atoms with Crippen molar-refractivity contribution in [1.82, 2.24) is 5.32 Å². The van der Waals surface area contributed by atoms with Gasteiger partial charge in [0.25, 0.3) is 0 Å². The summed E-state index contributed by atoms with van der Waals surface area (Å²) in [6, 6.07) is 12.8. The van der Waals surface area contributed by atoms with Gasteiger partial charge < -0.3 is 15.2 Å². The maximum absolute atomic E-state index is 10.9. The fourth-order valence-electron chi connectivity index (χ4n) is 4.32. The molecule has 3 rings (SSSR count). The third-order valence-corrected chi connectivity index (χ3v) is 6.42. The molecule has 0 spiro atoms. The van der Waals surface area contributed by atoms with Gasteiger partial charge in [-0.2, -0.15) is 0 Å². The minimum Gasteiger partial charge on any atom is -0.487 e. The highest BCUT2D eigenvalue weighted by atomic mass is 16.5. The molecule has 1 unspecified atom stereocenters. The molecule has 1 aliphatic carbocycles. The van der Waals surface area contributed by atoms with Gasteiger partial charge >= 0.3 is 5.97 Å². The van der Waals surface area contributed by atoms with E-state index in [0.29, 0.717) is 13.1 Å². The SMILES string of the molecule is CC(CNCc1ccc2cc(OC3(C(C)(C)C)CCCCC3)ccc2c1)C(=O)O. The van der Waals surface area contributed by atoms with E-state index in [1.54, 1.807) is 6.92 Å². The normalized spacial score (nSPS) is 17.8. The molecule has 2 aromatic rings. The first-order chi connectivity index (χ1) is 13.7. The second kappa shape index (κ2) is 8.74. The molecule has 1 atom stereocenters. The first-order valence-electron chi connectivity index (χ1n) is 10.9. The van der Waals surface area contributed by atoms with Gasteiger partial charge in [-0.25, -0.2) is 0 Å². The van der Waals surface area contributed by atoms with Crippen LogP contribution in [0.15, 0.2) is 36.4 Å². The Morgan fingerprint density at radius 1 is 1.10 bits per heavy atom. The summed E-state index contributed by atoms with van der Waals surface area (Å²) in [5.41, 5.74) is 1.16. The molecule has 4 heteroatoms. The largest absolute Gasteiger partial charge is 0.487 e. The lowest BCUT2D eigenvalue weighted by Gasteiger charge is -2.47. The summed E-state index contributed by atoms with van der Waals surface area (Å²) in [6.07, 6.45) is 6.02. The van der Waals surface area contributed by atoms with Crippen LogP contribution in [0.25, 0.3) is 10.8 Å². The van der Waals surface area contributed by atoms with Gasteiger partial charge in [-0.3, -0.25) is 4.79 Å². The van der Waals surface area contributed by atoms with Crippen LogP contribution in [0.3, 0.4) is 0 Å². The van der Waals surface area contributed by atoms with E-state index in [-0.39, 0.29) is 16.9 Å². The maximum Gasteiger partial charge on any atom is 0.307 e. The van der Waals surface area contributed by atoms with Crippen molar-refractivity contribution in [2.75, 3.05) is 6.54 Å². The molecule has 0 radical (unpaired) electrons. The minimum atomic E-state index is -0.769. The van der Waals surface area contributed by atoms with Crippen molar-refractivity contribution < 1.29 is 14.6 Å². The van der Waals surface area contributed by atoms with E-state index in [2.05, 4.69) is 62.5 Å². The zero-order chi connectivity index (χ0) is 21.1. The van der Waals surface area contributed by atoms with Crippen molar-refractivity contribution in [3.05, 3.63) is 42.0 Å². The van der Waals surface area contributed by atoms with E-state index in [9.17, 15) is 4.79 Å². The number of carboxylic acid groups (broad SMARTS) is 1. The summed E-state index contributed by atoms with van der Waals surface area (Å²) < 4.78 is 6.69. The van der Waals surface area contributed by atoms with E-state index >= 15 is 0 Å². The molecule has 29 heavy (non-hydrogen) atoms. The monoisotopic (exact) mass is 397 g/mol. The van der Waals surface area contributed by atoms with Crippen molar-refractivity contribution in [2.24, 2.45) is 11.3 Å². The first kappa shape index (κ1) is 21.6. The van der Waals surface area contributed by atoms with Gasteiger partial charge in [0, 0.05) is 18.5 Å². The summed E-state index contributed by atoms with van der Waals surface area (Å²) in [6.45, 7) is 9.74. The van der Waals surface area contributed by atoms with Gasteiger partial charge in [0.05, 0.1) is 5.92 Å². The number of carboxylic acids is 1. The van der Waals surface area contributed by atoms with E-state index in [1.165, 1.54) is 30.0 Å². The number of aliphatic carboxylic acids is 1. The summed E-state index contributed by atoms with van der Waals surface area (Å²) in [4.78, 5) is 10.9. The first-order valence-corrected chi connectivity index (χ1v) is 10.9. The number of carbonyl (C=O) groups is 1. The Balaban J connectivity index is 1.72. The van der Waals surface area contributed by atoms with Crippen LogP contribution >= 0.6 is 0 Å². The Hall–Kier alpha value is -2.07. The lowest BCUT2D eigenvalue weighted by atomic mass is 9.68. The number of hydrogen-bond donors (Lipinski definition) is 2. The average molecular weight is 398 g/mol. The lowest BCUT2D eigenvalue weighted by Crippen LogP contribution is -2.49. The number of hydrogen-bond acceptors (Lipinski definition) is 3. The smallest absolute Gasteiger partial charge is 0.307 e. The highest BCUT2D eigenvalue weighted by molar-refractivity contribution is 5.84. The molecular formula is C25H35NO3. The van der Waals surface area contributed by atoms with Gasteiger partial charge in [-0.05, 0) is 60.2 Å². The summed E-state index contributed by atoms with van der Waals surface area (Å²) >= 11 is 0. The Morgan fingerprint density at radius 3 is 2.41 bits per heavy atom. The van der Waals surface area contributed by atoms with Crippen molar-refractivity contribution in [3.63, 3.8) is 0 Å². The zero-order valence-corrected chi connectivity index (χ0v) is 18.3. The number of rotatable bonds is 7. The van der Waals surface area contributed by atoms with Crippen LogP contribution in [0.4, 0.5) is 0 Å². The van der Waals surface area contributed by atoms with Crippen LogP contribution < -0.4 is 10.1 Å². The fourth-order valence-corrected chi connectivity index (χ4v) is 4.32. The van der Waals surface area contributed by atoms with Crippen LogP contribution in [0.5, 0.6) is 5.75 Å². The predicted molar refractivity (Wildman–Crippen MR) is 118 cm³/mol. The van der Waals surface area contributed by atoms with Crippen LogP contribution in [-0.4, -0.2) is 23.2 Å². The number of ether oxygens (including phenoxy) is 1. The Kier molecular flexibility index (Phi) is 6.52. The molecule has 1 fully saturated rings. The third-order valence-electron chi connectivity index (χ3n) is 6.42. The zero-order valence-electron chi connectivity index (χ0n) is 18.3. The average Bonchev–Trinajstić information content (AvgIpc) is 2.67. The third kappa shape index (κ3) is 5.11. The van der Waals surface area contributed by atoms with E-state index in [1.807, 2.05) is 0 Å². The molecule has 1 aliphatic rings. The van der Waals surface area contributed by atoms with Crippen LogP contribution in [-0.2, 0) is 11.3 Å². The summed E-state index contributed by atoms with van der Waals surface area (Å²) in [7, 11) is 0. The Morgan fingerprint density at radius 2 is 1.76 bits per heavy atom. The lowest BCUT2D eigenvalue weighted by molar-refractivity contribution is -0.140. The Bertz CT molecular complexity index is 847. The maximum atomic E-state index is 10.9. The molecule has 0 aliphatic heterocycles. The molecule has 0 heterocycles.